The highest BCUT2D eigenvalue weighted by Crippen LogP contribution is 2.42. The van der Waals surface area contributed by atoms with Gasteiger partial charge in [0.2, 0.25) is 0 Å². The van der Waals surface area contributed by atoms with Crippen LogP contribution in [-0.2, 0) is 17.1 Å². The molecule has 1 aromatic carbocycles. The van der Waals surface area contributed by atoms with Gasteiger partial charge in [-0.2, -0.15) is 0 Å². The molecule has 1 aromatic rings. The summed E-state index contributed by atoms with van der Waals surface area (Å²) in [6, 6.07) is 4.07. The van der Waals surface area contributed by atoms with Gasteiger partial charge in [-0.25, -0.2) is 10.7 Å². The van der Waals surface area contributed by atoms with E-state index >= 15 is 0 Å². The van der Waals surface area contributed by atoms with Crippen LogP contribution in [0.2, 0.25) is 0 Å². The van der Waals surface area contributed by atoms with Crippen molar-refractivity contribution in [1.82, 2.24) is 0 Å². The normalized spacial score (nSPS) is 11.2. The summed E-state index contributed by atoms with van der Waals surface area (Å²) in [7, 11) is -4.80. The van der Waals surface area contributed by atoms with Gasteiger partial charge >= 0.3 is 27.6 Å². The summed E-state index contributed by atoms with van der Waals surface area (Å²) in [5, 5.41) is 0. The van der Waals surface area contributed by atoms with E-state index in [1.165, 1.54) is 18.2 Å². The molecular weight excluding hydrogens is 362 g/mol. The van der Waals surface area contributed by atoms with Crippen molar-refractivity contribution < 1.29 is 25.0 Å². The Kier molecular flexibility index (Phi) is 4.65. The third-order valence-electron chi connectivity index (χ3n) is 1.71. The topological polar surface area (TPSA) is 101 Å². The van der Waals surface area contributed by atoms with E-state index in [2.05, 4.69) is 10.4 Å². The molecule has 0 saturated heterocycles. The first-order valence-corrected chi connectivity index (χ1v) is 8.58. The van der Waals surface area contributed by atoms with Gasteiger partial charge in [0, 0.05) is 6.42 Å². The molecule has 17 heavy (non-hydrogen) atoms. The Labute approximate surface area is 104 Å². The van der Waals surface area contributed by atoms with E-state index < -0.39 is 27.6 Å². The molecule has 0 spiro atoms. The fourth-order valence-electron chi connectivity index (χ4n) is 1.18. The number of benzene rings is 1. The van der Waals surface area contributed by atoms with E-state index in [0.717, 1.165) is 0 Å². The number of terminal acetylenes is 1. The van der Waals surface area contributed by atoms with E-state index in [4.69, 9.17) is 16.2 Å². The molecule has 0 heterocycles. The van der Waals surface area contributed by atoms with Crippen LogP contribution in [0.3, 0.4) is 0 Å². The van der Waals surface area contributed by atoms with E-state index in [-0.39, 0.29) is 15.7 Å². The van der Waals surface area contributed by atoms with Gasteiger partial charge < -0.3 is 4.52 Å². The second-order valence-corrected chi connectivity index (χ2v) is 6.39. The van der Waals surface area contributed by atoms with Crippen molar-refractivity contribution >= 4 is 27.6 Å². The zero-order valence-electron chi connectivity index (χ0n) is 8.37. The predicted octanol–water partition coefficient (Wildman–Crippen LogP) is 1.70. The SMILES string of the molecule is C#CCc1cccc(OP(=O)(O)O)c1I(=O)=O. The van der Waals surface area contributed by atoms with Crippen molar-refractivity contribution in [2.75, 3.05) is 0 Å². The number of phosphoric ester groups is 1. The highest BCUT2D eigenvalue weighted by atomic mass is 127. The average molecular weight is 370 g/mol. The number of halogens is 1. The van der Waals surface area contributed by atoms with Crippen LogP contribution < -0.4 is 4.52 Å². The Hall–Kier alpha value is -0.940. The van der Waals surface area contributed by atoms with Gasteiger partial charge in [-0.3, -0.25) is 9.79 Å². The molecule has 0 aliphatic heterocycles. The fourth-order valence-corrected chi connectivity index (χ4v) is 3.42. The van der Waals surface area contributed by atoms with Crippen LogP contribution in [-0.4, -0.2) is 9.79 Å². The van der Waals surface area contributed by atoms with Crippen LogP contribution in [0.5, 0.6) is 5.75 Å². The van der Waals surface area contributed by atoms with Gasteiger partial charge in [0.05, 0.1) is 0 Å². The van der Waals surface area contributed by atoms with E-state index in [9.17, 15) is 10.7 Å². The summed E-state index contributed by atoms with van der Waals surface area (Å²) in [6.45, 7) is 0. The first-order valence-electron chi connectivity index (χ1n) is 4.21. The molecule has 0 amide bonds. The summed E-state index contributed by atoms with van der Waals surface area (Å²) in [6.07, 6.45) is 5.12. The summed E-state index contributed by atoms with van der Waals surface area (Å²) in [5.41, 5.74) is 0.300. The summed E-state index contributed by atoms with van der Waals surface area (Å²) in [5.74, 6) is 1.91. The van der Waals surface area contributed by atoms with Gasteiger partial charge in [0.1, 0.15) is 9.32 Å². The van der Waals surface area contributed by atoms with E-state index in [1.807, 2.05) is 0 Å². The summed E-state index contributed by atoms with van der Waals surface area (Å²) < 4.78 is 37.1. The Morgan fingerprint density at radius 1 is 1.41 bits per heavy atom. The van der Waals surface area contributed by atoms with Crippen molar-refractivity contribution in [3.05, 3.63) is 27.3 Å². The lowest BCUT2D eigenvalue weighted by molar-refractivity contribution is 0.282. The monoisotopic (exact) mass is 370 g/mol. The molecule has 0 atom stereocenters. The second-order valence-electron chi connectivity index (χ2n) is 2.91. The number of rotatable bonds is 4. The van der Waals surface area contributed by atoms with Crippen LogP contribution in [0, 0.1) is 15.9 Å². The van der Waals surface area contributed by atoms with Crippen molar-refractivity contribution in [2.45, 2.75) is 6.42 Å². The molecule has 0 unspecified atom stereocenters. The molecule has 0 bridgehead atoms. The molecular formula is C9H8IO6P. The molecule has 0 aliphatic rings. The third kappa shape index (κ3) is 4.09. The molecule has 0 aliphatic carbocycles. The van der Waals surface area contributed by atoms with Crippen molar-refractivity contribution in [3.63, 3.8) is 0 Å². The largest absolute Gasteiger partial charge is 0.524 e. The Morgan fingerprint density at radius 3 is 2.53 bits per heavy atom. The molecule has 0 saturated carbocycles. The molecule has 8 heteroatoms. The van der Waals surface area contributed by atoms with Gasteiger partial charge in [0.15, 0.2) is 0 Å². The predicted molar refractivity (Wildman–Crippen MR) is 65.7 cm³/mol. The average Bonchev–Trinajstić information content (AvgIpc) is 2.15. The number of hydrogen-bond acceptors (Lipinski definition) is 4. The van der Waals surface area contributed by atoms with E-state index in [1.54, 1.807) is 0 Å². The first kappa shape index (κ1) is 14.1. The molecule has 2 N–H and O–H groups in total. The van der Waals surface area contributed by atoms with Crippen molar-refractivity contribution in [1.29, 1.82) is 0 Å². The lowest BCUT2D eigenvalue weighted by Gasteiger charge is -2.09. The molecule has 0 aromatic heterocycles. The van der Waals surface area contributed by atoms with Gasteiger partial charge in [-0.05, 0) is 11.6 Å². The highest BCUT2D eigenvalue weighted by molar-refractivity contribution is 14.2. The first-order chi connectivity index (χ1) is 7.85. The maximum Gasteiger partial charge on any atom is 0.524 e. The third-order valence-corrected chi connectivity index (χ3v) is 4.25. The minimum Gasteiger partial charge on any atom is -0.403 e. The molecule has 92 valence electrons. The smallest absolute Gasteiger partial charge is 0.403 e. The minimum atomic E-state index is -4.80. The van der Waals surface area contributed by atoms with Crippen LogP contribution in [0.4, 0.5) is 0 Å². The molecule has 0 radical (unpaired) electrons. The van der Waals surface area contributed by atoms with Crippen LogP contribution >= 0.6 is 27.6 Å². The number of hydrogen-bond donors (Lipinski definition) is 2. The van der Waals surface area contributed by atoms with Gasteiger partial charge in [0.25, 0.3) is 0 Å². The van der Waals surface area contributed by atoms with E-state index in [0.29, 0.717) is 5.56 Å². The minimum absolute atomic E-state index is 0.0478. The quantitative estimate of drug-likeness (QED) is 0.476. The van der Waals surface area contributed by atoms with Gasteiger partial charge in [-0.1, -0.05) is 12.1 Å². The lowest BCUT2D eigenvalue weighted by atomic mass is 10.1. The fraction of sp³-hybridized carbons (Fsp3) is 0.111. The maximum absolute atomic E-state index is 11.1. The van der Waals surface area contributed by atoms with Crippen LogP contribution in [0.1, 0.15) is 5.56 Å². The molecule has 1 rings (SSSR count). The lowest BCUT2D eigenvalue weighted by Crippen LogP contribution is -1.96. The van der Waals surface area contributed by atoms with Crippen molar-refractivity contribution in [2.24, 2.45) is 0 Å². The molecule has 6 nitrogen and oxygen atoms in total. The summed E-state index contributed by atoms with van der Waals surface area (Å²) >= 11 is -3.97. The Morgan fingerprint density at radius 2 is 2.06 bits per heavy atom. The zero-order valence-corrected chi connectivity index (χ0v) is 11.4. The zero-order chi connectivity index (χ0) is 13.1. The Balaban J connectivity index is 3.36. The standard InChI is InChI=1S/C9H8IO6P/c1-2-4-7-5-3-6-8(9(7)10(11)12)16-17(13,14)15/h1,3,5-6H,4H2,(H2,13,14,15). The molecule has 0 fully saturated rings. The second kappa shape index (κ2) is 5.60. The Bertz CT molecular complexity index is 572. The van der Waals surface area contributed by atoms with Crippen LogP contribution in [0.15, 0.2) is 18.2 Å². The highest BCUT2D eigenvalue weighted by Gasteiger charge is 2.22. The van der Waals surface area contributed by atoms with Crippen molar-refractivity contribution in [3.8, 4) is 18.1 Å². The maximum atomic E-state index is 11.1. The summed E-state index contributed by atoms with van der Waals surface area (Å²) in [4.78, 5) is 17.3. The van der Waals surface area contributed by atoms with Gasteiger partial charge in [-0.15, -0.1) is 12.3 Å². The van der Waals surface area contributed by atoms with Crippen LogP contribution in [0.25, 0.3) is 0 Å². The number of phosphoric acid groups is 1.